The van der Waals surface area contributed by atoms with Gasteiger partial charge in [-0.1, -0.05) is 25.1 Å². The van der Waals surface area contributed by atoms with E-state index < -0.39 is 0 Å². The Morgan fingerprint density at radius 3 is 2.44 bits per heavy atom. The summed E-state index contributed by atoms with van der Waals surface area (Å²) < 4.78 is 5.36. The van der Waals surface area contributed by atoms with Gasteiger partial charge in [0.2, 0.25) is 0 Å². The molecule has 2 rings (SSSR count). The number of methoxy groups -OCH3 is 1. The molecule has 2 atom stereocenters. The van der Waals surface area contributed by atoms with Crippen LogP contribution in [0.4, 0.5) is 0 Å². The van der Waals surface area contributed by atoms with E-state index in [1.165, 1.54) is 5.56 Å². The molecule has 0 spiro atoms. The summed E-state index contributed by atoms with van der Waals surface area (Å²) in [6.07, 6.45) is 3.58. The van der Waals surface area contributed by atoms with Crippen molar-refractivity contribution in [3.05, 3.63) is 59.9 Å². The van der Waals surface area contributed by atoms with Crippen LogP contribution in [0.1, 0.15) is 29.3 Å². The topological polar surface area (TPSA) is 22.1 Å². The van der Waals surface area contributed by atoms with Crippen molar-refractivity contribution in [2.75, 3.05) is 7.11 Å². The Hall–Kier alpha value is -1.54. The lowest BCUT2D eigenvalue weighted by molar-refractivity contribution is 0.407. The standard InChI is InChI=1S/C15H16ClNO/c1-11(12-7-9-17-10-8-12)15(16)13-5-3-4-6-14(13)18-2/h3-11,15H,1-2H3. The summed E-state index contributed by atoms with van der Waals surface area (Å²) in [5.74, 6) is 1.03. The Bertz CT molecular complexity index is 501. The van der Waals surface area contributed by atoms with Crippen LogP contribution >= 0.6 is 11.6 Å². The van der Waals surface area contributed by atoms with Crippen LogP contribution in [0.15, 0.2) is 48.8 Å². The minimum absolute atomic E-state index is 0.122. The largest absolute Gasteiger partial charge is 0.496 e. The van der Waals surface area contributed by atoms with Gasteiger partial charge in [-0.25, -0.2) is 0 Å². The molecule has 94 valence electrons. The fourth-order valence-electron chi connectivity index (χ4n) is 2.00. The molecule has 0 radical (unpaired) electrons. The number of hydrogen-bond donors (Lipinski definition) is 0. The molecule has 0 amide bonds. The SMILES string of the molecule is COc1ccccc1C(Cl)C(C)c1ccncc1. The molecule has 0 N–H and O–H groups in total. The number of halogens is 1. The van der Waals surface area contributed by atoms with Crippen LogP contribution < -0.4 is 4.74 Å². The highest BCUT2D eigenvalue weighted by Gasteiger charge is 2.21. The van der Waals surface area contributed by atoms with E-state index in [1.54, 1.807) is 19.5 Å². The van der Waals surface area contributed by atoms with Crippen molar-refractivity contribution < 1.29 is 4.74 Å². The molecule has 1 heterocycles. The number of para-hydroxylation sites is 1. The van der Waals surface area contributed by atoms with Gasteiger partial charge in [0.1, 0.15) is 5.75 Å². The van der Waals surface area contributed by atoms with Gasteiger partial charge in [-0.2, -0.15) is 0 Å². The lowest BCUT2D eigenvalue weighted by atomic mass is 9.93. The number of nitrogens with zero attached hydrogens (tertiary/aromatic N) is 1. The molecule has 0 fully saturated rings. The lowest BCUT2D eigenvalue weighted by Crippen LogP contribution is -2.04. The molecule has 0 aliphatic heterocycles. The van der Waals surface area contributed by atoms with Crippen molar-refractivity contribution in [3.63, 3.8) is 0 Å². The maximum Gasteiger partial charge on any atom is 0.123 e. The van der Waals surface area contributed by atoms with Crippen molar-refractivity contribution >= 4 is 11.6 Å². The molecule has 2 nitrogen and oxygen atoms in total. The maximum absolute atomic E-state index is 6.57. The molecule has 1 aromatic heterocycles. The molecule has 18 heavy (non-hydrogen) atoms. The van der Waals surface area contributed by atoms with Crippen molar-refractivity contribution in [1.82, 2.24) is 4.98 Å². The molecule has 1 aromatic carbocycles. The summed E-state index contributed by atoms with van der Waals surface area (Å²) in [7, 11) is 1.67. The van der Waals surface area contributed by atoms with Gasteiger partial charge in [0.15, 0.2) is 0 Å². The fourth-order valence-corrected chi connectivity index (χ4v) is 2.33. The van der Waals surface area contributed by atoms with E-state index in [0.717, 1.165) is 11.3 Å². The van der Waals surface area contributed by atoms with E-state index in [-0.39, 0.29) is 11.3 Å². The Balaban J connectivity index is 2.28. The van der Waals surface area contributed by atoms with E-state index in [1.807, 2.05) is 36.4 Å². The first-order valence-corrected chi connectivity index (χ1v) is 6.34. The van der Waals surface area contributed by atoms with Crippen molar-refractivity contribution in [1.29, 1.82) is 0 Å². The van der Waals surface area contributed by atoms with E-state index in [2.05, 4.69) is 11.9 Å². The Kier molecular flexibility index (Phi) is 4.21. The molecular formula is C15H16ClNO. The predicted octanol–water partition coefficient (Wildman–Crippen LogP) is 4.17. The van der Waals surface area contributed by atoms with Gasteiger partial charge in [0.25, 0.3) is 0 Å². The highest BCUT2D eigenvalue weighted by Crippen LogP contribution is 2.39. The number of pyridine rings is 1. The minimum Gasteiger partial charge on any atom is -0.496 e. The molecule has 2 unspecified atom stereocenters. The Morgan fingerprint density at radius 2 is 1.78 bits per heavy atom. The van der Waals surface area contributed by atoms with Crippen LogP contribution in [-0.2, 0) is 0 Å². The number of ether oxygens (including phenoxy) is 1. The minimum atomic E-state index is -0.122. The van der Waals surface area contributed by atoms with Gasteiger partial charge in [0, 0.05) is 23.9 Å². The smallest absolute Gasteiger partial charge is 0.123 e. The summed E-state index contributed by atoms with van der Waals surface area (Å²) in [4.78, 5) is 4.03. The van der Waals surface area contributed by atoms with Gasteiger partial charge in [0.05, 0.1) is 12.5 Å². The molecule has 2 aromatic rings. The van der Waals surface area contributed by atoms with E-state index in [4.69, 9.17) is 16.3 Å². The average Bonchev–Trinajstić information content (AvgIpc) is 2.46. The zero-order chi connectivity index (χ0) is 13.0. The zero-order valence-electron chi connectivity index (χ0n) is 10.5. The summed E-state index contributed by atoms with van der Waals surface area (Å²) in [5.41, 5.74) is 2.20. The fraction of sp³-hybridized carbons (Fsp3) is 0.267. The summed E-state index contributed by atoms with van der Waals surface area (Å²) >= 11 is 6.57. The number of hydrogen-bond acceptors (Lipinski definition) is 2. The normalized spacial score (nSPS) is 13.9. The van der Waals surface area contributed by atoms with Crippen LogP contribution in [0.25, 0.3) is 0 Å². The second-order valence-corrected chi connectivity index (χ2v) is 4.68. The summed E-state index contributed by atoms with van der Waals surface area (Å²) in [6.45, 7) is 2.11. The molecule has 3 heteroatoms. The lowest BCUT2D eigenvalue weighted by Gasteiger charge is -2.20. The number of aromatic nitrogens is 1. The quantitative estimate of drug-likeness (QED) is 0.771. The highest BCUT2D eigenvalue weighted by molar-refractivity contribution is 6.21. The maximum atomic E-state index is 6.57. The van der Waals surface area contributed by atoms with Crippen LogP contribution in [-0.4, -0.2) is 12.1 Å². The Morgan fingerprint density at radius 1 is 1.11 bits per heavy atom. The second-order valence-electron chi connectivity index (χ2n) is 4.21. The first-order valence-electron chi connectivity index (χ1n) is 5.91. The van der Waals surface area contributed by atoms with Crippen LogP contribution in [0.5, 0.6) is 5.75 Å². The van der Waals surface area contributed by atoms with Gasteiger partial charge in [-0.05, 0) is 23.8 Å². The average molecular weight is 262 g/mol. The number of rotatable bonds is 4. The molecule has 0 saturated carbocycles. The monoisotopic (exact) mass is 261 g/mol. The molecule has 0 bridgehead atoms. The molecular weight excluding hydrogens is 246 g/mol. The van der Waals surface area contributed by atoms with E-state index >= 15 is 0 Å². The molecule has 0 aliphatic carbocycles. The predicted molar refractivity (Wildman–Crippen MR) is 74.2 cm³/mol. The van der Waals surface area contributed by atoms with Crippen LogP contribution in [0.2, 0.25) is 0 Å². The Labute approximate surface area is 113 Å². The summed E-state index contributed by atoms with van der Waals surface area (Å²) in [5, 5.41) is -0.122. The van der Waals surface area contributed by atoms with Crippen LogP contribution in [0.3, 0.4) is 0 Å². The third kappa shape index (κ3) is 2.65. The highest BCUT2D eigenvalue weighted by atomic mass is 35.5. The van der Waals surface area contributed by atoms with Crippen molar-refractivity contribution in [2.24, 2.45) is 0 Å². The van der Waals surface area contributed by atoms with E-state index in [9.17, 15) is 0 Å². The van der Waals surface area contributed by atoms with Crippen molar-refractivity contribution in [3.8, 4) is 5.75 Å². The molecule has 0 saturated heterocycles. The van der Waals surface area contributed by atoms with Gasteiger partial charge < -0.3 is 4.74 Å². The first kappa shape index (κ1) is 12.9. The van der Waals surface area contributed by atoms with Gasteiger partial charge in [-0.15, -0.1) is 11.6 Å². The first-order chi connectivity index (χ1) is 8.74. The number of benzene rings is 1. The van der Waals surface area contributed by atoms with Crippen LogP contribution in [0, 0.1) is 0 Å². The summed E-state index contributed by atoms with van der Waals surface area (Å²) in [6, 6.07) is 11.9. The molecule has 0 aliphatic rings. The third-order valence-electron chi connectivity index (χ3n) is 3.11. The van der Waals surface area contributed by atoms with Gasteiger partial charge in [-0.3, -0.25) is 4.98 Å². The second kappa shape index (κ2) is 5.87. The third-order valence-corrected chi connectivity index (χ3v) is 3.72. The zero-order valence-corrected chi connectivity index (χ0v) is 11.3. The number of alkyl halides is 1. The van der Waals surface area contributed by atoms with Crippen molar-refractivity contribution in [2.45, 2.75) is 18.2 Å². The van der Waals surface area contributed by atoms with Gasteiger partial charge >= 0.3 is 0 Å². The van der Waals surface area contributed by atoms with E-state index in [0.29, 0.717) is 0 Å².